The van der Waals surface area contributed by atoms with Crippen LogP contribution in [0.25, 0.3) is 0 Å². The zero-order valence-electron chi connectivity index (χ0n) is 39.3. The van der Waals surface area contributed by atoms with Crippen LogP contribution in [-0.2, 0) is 14.3 Å². The lowest BCUT2D eigenvalue weighted by molar-refractivity contribution is -0.151. The van der Waals surface area contributed by atoms with Gasteiger partial charge in [-0.3, -0.25) is 9.59 Å². The van der Waals surface area contributed by atoms with E-state index in [-0.39, 0.29) is 24.9 Å². The fourth-order valence-corrected chi connectivity index (χ4v) is 7.41. The molecule has 60 heavy (non-hydrogen) atoms. The van der Waals surface area contributed by atoms with Gasteiger partial charge < -0.3 is 20.3 Å². The molecule has 346 valence electrons. The third-order valence-electron chi connectivity index (χ3n) is 11.2. The topological polar surface area (TPSA) is 95.9 Å². The normalized spacial score (nSPS) is 13.9. The summed E-state index contributed by atoms with van der Waals surface area (Å²) < 4.78 is 5.89. The van der Waals surface area contributed by atoms with Crippen LogP contribution in [0.15, 0.2) is 72.9 Å². The molecule has 0 aliphatic heterocycles. The van der Waals surface area contributed by atoms with Crippen molar-refractivity contribution in [3.63, 3.8) is 0 Å². The molecule has 0 radical (unpaired) electrons. The van der Waals surface area contributed by atoms with E-state index in [1.54, 1.807) is 0 Å². The summed E-state index contributed by atoms with van der Waals surface area (Å²) in [7, 11) is 0. The fraction of sp³-hybridized carbons (Fsp3) is 0.741. The van der Waals surface area contributed by atoms with Crippen molar-refractivity contribution >= 4 is 11.9 Å². The van der Waals surface area contributed by atoms with Crippen molar-refractivity contribution in [1.82, 2.24) is 5.32 Å². The van der Waals surface area contributed by atoms with E-state index < -0.39 is 18.2 Å². The van der Waals surface area contributed by atoms with Crippen LogP contribution < -0.4 is 5.32 Å². The van der Waals surface area contributed by atoms with Crippen molar-refractivity contribution in [2.24, 2.45) is 0 Å². The molecular weight excluding hydrogens is 743 g/mol. The number of ether oxygens (including phenoxy) is 1. The molecule has 0 aromatic heterocycles. The highest BCUT2D eigenvalue weighted by molar-refractivity contribution is 5.77. The second kappa shape index (κ2) is 47.4. The number of hydrogen-bond donors (Lipinski definition) is 3. The molecule has 0 saturated heterocycles. The molecule has 0 spiro atoms. The van der Waals surface area contributed by atoms with E-state index in [1.165, 1.54) is 128 Å². The molecule has 0 rings (SSSR count). The highest BCUT2D eigenvalue weighted by atomic mass is 16.5. The smallest absolute Gasteiger partial charge is 0.306 e. The van der Waals surface area contributed by atoms with Crippen molar-refractivity contribution in [3.8, 4) is 0 Å². The highest BCUT2D eigenvalue weighted by Gasteiger charge is 2.24. The van der Waals surface area contributed by atoms with E-state index in [0.717, 1.165) is 57.8 Å². The van der Waals surface area contributed by atoms with Crippen LogP contribution in [0.4, 0.5) is 0 Å². The van der Waals surface area contributed by atoms with Gasteiger partial charge in [-0.2, -0.15) is 0 Å². The Morgan fingerprint density at radius 2 is 0.900 bits per heavy atom. The Labute approximate surface area is 371 Å². The monoisotopic (exact) mass is 838 g/mol. The van der Waals surface area contributed by atoms with Crippen molar-refractivity contribution in [2.45, 2.75) is 251 Å². The minimum atomic E-state index is -0.808. The predicted molar refractivity (Wildman–Crippen MR) is 259 cm³/mol. The van der Waals surface area contributed by atoms with Crippen LogP contribution in [-0.4, -0.2) is 46.9 Å². The average molecular weight is 838 g/mol. The van der Waals surface area contributed by atoms with Crippen LogP contribution in [0.3, 0.4) is 0 Å². The molecule has 6 heteroatoms. The number of carbonyl (C=O) groups excluding carboxylic acids is 2. The van der Waals surface area contributed by atoms with E-state index in [4.69, 9.17) is 4.74 Å². The van der Waals surface area contributed by atoms with E-state index in [0.29, 0.717) is 19.3 Å². The van der Waals surface area contributed by atoms with Crippen LogP contribution in [0, 0.1) is 0 Å². The van der Waals surface area contributed by atoms with Gasteiger partial charge in [0.15, 0.2) is 0 Å². The van der Waals surface area contributed by atoms with E-state index in [1.807, 2.05) is 60.8 Å². The maximum atomic E-state index is 13.2. The van der Waals surface area contributed by atoms with E-state index in [9.17, 15) is 19.8 Å². The Hall–Kier alpha value is -2.70. The van der Waals surface area contributed by atoms with Crippen molar-refractivity contribution in [3.05, 3.63) is 72.9 Å². The second-order valence-corrected chi connectivity index (χ2v) is 17.0. The largest absolute Gasteiger partial charge is 0.462 e. The minimum Gasteiger partial charge on any atom is -0.462 e. The maximum Gasteiger partial charge on any atom is 0.306 e. The first-order valence-electron chi connectivity index (χ1n) is 25.2. The summed E-state index contributed by atoms with van der Waals surface area (Å²) in [6, 6.07) is -0.726. The third kappa shape index (κ3) is 42.0. The van der Waals surface area contributed by atoms with Crippen molar-refractivity contribution in [1.29, 1.82) is 0 Å². The Balaban J connectivity index is 4.71. The Morgan fingerprint density at radius 1 is 0.500 bits per heavy atom. The lowest BCUT2D eigenvalue weighted by Crippen LogP contribution is -2.46. The molecule has 0 heterocycles. The number of unbranched alkanes of at least 4 members (excludes halogenated alkanes) is 25. The number of esters is 1. The summed E-state index contributed by atoms with van der Waals surface area (Å²) in [6.45, 7) is 6.31. The molecule has 0 aromatic carbocycles. The van der Waals surface area contributed by atoms with Crippen molar-refractivity contribution < 1.29 is 24.5 Å². The van der Waals surface area contributed by atoms with Gasteiger partial charge in [-0.25, -0.2) is 0 Å². The molecule has 0 aromatic rings. The predicted octanol–water partition coefficient (Wildman–Crippen LogP) is 15.0. The molecule has 3 N–H and O–H groups in total. The Morgan fingerprint density at radius 3 is 1.33 bits per heavy atom. The number of hydrogen-bond acceptors (Lipinski definition) is 5. The first-order chi connectivity index (χ1) is 29.5. The van der Waals surface area contributed by atoms with Gasteiger partial charge in [0, 0.05) is 6.42 Å². The number of amides is 1. The standard InChI is InChI=1S/C54H95NO5/c1-4-7-10-13-16-19-22-25-27-28-30-33-36-39-42-45-50(60-54(59)47-44-41-38-35-32-24-21-18-15-12-9-6-3)48-53(58)55-51(49-56)52(57)46-43-40-37-34-31-29-26-23-20-17-14-11-8-5-2/h7,10,13,16,19,22,25,27-28,30,33,36,50-52,56-57H,4-6,8-9,11-12,14-15,17-18,20-21,23-24,26,29,31-32,34-35,37-49H2,1-3H3,(H,55,58)/b10-7-,16-13+,22-19+,27-25-,30-28+,36-33+. The fourth-order valence-electron chi connectivity index (χ4n) is 7.41. The molecule has 3 atom stereocenters. The van der Waals surface area contributed by atoms with E-state index in [2.05, 4.69) is 38.2 Å². The number of nitrogens with one attached hydrogen (secondary N) is 1. The summed E-state index contributed by atoms with van der Waals surface area (Å²) in [5.74, 6) is -0.548. The molecule has 0 saturated carbocycles. The van der Waals surface area contributed by atoms with Crippen LogP contribution >= 0.6 is 0 Å². The van der Waals surface area contributed by atoms with Gasteiger partial charge in [-0.1, -0.05) is 254 Å². The van der Waals surface area contributed by atoms with Gasteiger partial charge in [0.05, 0.1) is 25.2 Å². The van der Waals surface area contributed by atoms with Crippen LogP contribution in [0.1, 0.15) is 233 Å². The SMILES string of the molecule is CC\C=C/C=C/C=C/C=C\C=C\C=C\CCCC(CC(=O)NC(CO)C(O)CCCCCCCCCCCCCCCC)OC(=O)CCCCCCCCCCCCCC. The number of carbonyl (C=O) groups is 2. The second-order valence-electron chi connectivity index (χ2n) is 17.0. The highest BCUT2D eigenvalue weighted by Crippen LogP contribution is 2.17. The quantitative estimate of drug-likeness (QED) is 0.0323. The number of aliphatic hydroxyl groups is 2. The van der Waals surface area contributed by atoms with Gasteiger partial charge in [0.2, 0.25) is 5.91 Å². The molecule has 0 fully saturated rings. The van der Waals surface area contributed by atoms with Gasteiger partial charge in [-0.05, 0) is 38.5 Å². The first kappa shape index (κ1) is 57.3. The molecule has 0 bridgehead atoms. The van der Waals surface area contributed by atoms with E-state index >= 15 is 0 Å². The summed E-state index contributed by atoms with van der Waals surface area (Å²) in [6.07, 6.45) is 59.6. The molecule has 0 aliphatic carbocycles. The molecule has 6 nitrogen and oxygen atoms in total. The Bertz CT molecular complexity index is 1120. The van der Waals surface area contributed by atoms with Crippen molar-refractivity contribution in [2.75, 3.05) is 6.61 Å². The number of rotatable bonds is 44. The van der Waals surface area contributed by atoms with Gasteiger partial charge in [-0.15, -0.1) is 0 Å². The first-order valence-corrected chi connectivity index (χ1v) is 25.2. The summed E-state index contributed by atoms with van der Waals surface area (Å²) in [5, 5.41) is 23.7. The average Bonchev–Trinajstić information content (AvgIpc) is 3.24. The lowest BCUT2D eigenvalue weighted by atomic mass is 10.0. The molecular formula is C54H95NO5. The van der Waals surface area contributed by atoms with Gasteiger partial charge in [0.25, 0.3) is 0 Å². The molecule has 1 amide bonds. The molecule has 0 aliphatic rings. The summed E-state index contributed by atoms with van der Waals surface area (Å²) >= 11 is 0. The van der Waals surface area contributed by atoms with Crippen LogP contribution in [0.5, 0.6) is 0 Å². The summed E-state index contributed by atoms with van der Waals surface area (Å²) in [5.41, 5.74) is 0. The lowest BCUT2D eigenvalue weighted by Gasteiger charge is -2.24. The molecule has 3 unspecified atom stereocenters. The van der Waals surface area contributed by atoms with Gasteiger partial charge in [0.1, 0.15) is 6.10 Å². The zero-order chi connectivity index (χ0) is 43.8. The Kier molecular flexibility index (Phi) is 45.2. The summed E-state index contributed by atoms with van der Waals surface area (Å²) in [4.78, 5) is 26.1. The number of allylic oxidation sites excluding steroid dienone is 12. The third-order valence-corrected chi connectivity index (χ3v) is 11.2. The van der Waals surface area contributed by atoms with Crippen LogP contribution in [0.2, 0.25) is 0 Å². The number of aliphatic hydroxyl groups excluding tert-OH is 2. The van der Waals surface area contributed by atoms with Gasteiger partial charge >= 0.3 is 5.97 Å². The minimum absolute atomic E-state index is 0.0261. The maximum absolute atomic E-state index is 13.2. The zero-order valence-corrected chi connectivity index (χ0v) is 39.3.